The molecule has 0 saturated carbocycles. The van der Waals surface area contributed by atoms with Crippen LogP contribution in [0.3, 0.4) is 0 Å². The lowest BCUT2D eigenvalue weighted by molar-refractivity contribution is -0.138. The van der Waals surface area contributed by atoms with Crippen molar-refractivity contribution in [3.8, 4) is 0 Å². The van der Waals surface area contributed by atoms with Crippen LogP contribution in [0.4, 0.5) is 0 Å². The number of likely N-dealkylation sites (N-methyl/N-ethyl adjacent to an activating group) is 1. The number of hydrogen-bond donors (Lipinski definition) is 0. The Morgan fingerprint density at radius 2 is 1.48 bits per heavy atom. The highest BCUT2D eigenvalue weighted by atomic mass is 32.2. The lowest BCUT2D eigenvalue weighted by Gasteiger charge is -2.21. The molecule has 0 radical (unpaired) electrons. The summed E-state index contributed by atoms with van der Waals surface area (Å²) >= 11 is 0. The zero-order chi connectivity index (χ0) is 21.6. The van der Waals surface area contributed by atoms with Gasteiger partial charge in [-0.25, -0.2) is 13.2 Å². The van der Waals surface area contributed by atoms with E-state index in [1.807, 2.05) is 0 Å². The predicted octanol–water partition coefficient (Wildman–Crippen LogP) is 2.70. The van der Waals surface area contributed by atoms with Gasteiger partial charge in [-0.3, -0.25) is 4.79 Å². The zero-order valence-electron chi connectivity index (χ0n) is 17.0. The summed E-state index contributed by atoms with van der Waals surface area (Å²) in [6, 6.07) is 14.3. The SMILES string of the molecule is CCN(CC)S(=O)(=O)c1ccc(C(=O)O[C@H](C(=O)N(C)C)c2ccccc2)cc1. The second-order valence-electron chi connectivity index (χ2n) is 6.54. The minimum Gasteiger partial charge on any atom is -0.444 e. The van der Waals surface area contributed by atoms with E-state index in [2.05, 4.69) is 0 Å². The fourth-order valence-electron chi connectivity index (χ4n) is 2.77. The first-order valence-corrected chi connectivity index (χ1v) is 10.7. The van der Waals surface area contributed by atoms with Crippen molar-refractivity contribution < 1.29 is 22.7 Å². The average Bonchev–Trinajstić information content (AvgIpc) is 2.72. The number of nitrogens with zero attached hydrogens (tertiary/aromatic N) is 2. The Morgan fingerprint density at radius 1 is 0.931 bits per heavy atom. The van der Waals surface area contributed by atoms with Crippen molar-refractivity contribution in [2.45, 2.75) is 24.8 Å². The monoisotopic (exact) mass is 418 g/mol. The van der Waals surface area contributed by atoms with Crippen LogP contribution in [0, 0.1) is 0 Å². The Morgan fingerprint density at radius 3 is 1.97 bits per heavy atom. The maximum Gasteiger partial charge on any atom is 0.339 e. The molecule has 0 aliphatic rings. The van der Waals surface area contributed by atoms with Gasteiger partial charge in [-0.05, 0) is 24.3 Å². The van der Waals surface area contributed by atoms with E-state index in [0.29, 0.717) is 18.7 Å². The van der Waals surface area contributed by atoms with Crippen LogP contribution in [-0.4, -0.2) is 56.7 Å². The van der Waals surface area contributed by atoms with Crippen LogP contribution in [0.5, 0.6) is 0 Å². The fraction of sp³-hybridized carbons (Fsp3) is 0.333. The number of carbonyl (C=O) groups is 2. The molecule has 0 saturated heterocycles. The molecule has 7 nitrogen and oxygen atoms in total. The number of carbonyl (C=O) groups excluding carboxylic acids is 2. The Kier molecular flexibility index (Phi) is 7.53. The van der Waals surface area contributed by atoms with E-state index in [-0.39, 0.29) is 16.4 Å². The number of hydrogen-bond acceptors (Lipinski definition) is 5. The fourth-order valence-corrected chi connectivity index (χ4v) is 4.23. The van der Waals surface area contributed by atoms with Crippen LogP contribution in [-0.2, 0) is 19.6 Å². The first kappa shape index (κ1) is 22.6. The van der Waals surface area contributed by atoms with E-state index in [1.165, 1.54) is 33.5 Å². The quantitative estimate of drug-likeness (QED) is 0.616. The largest absolute Gasteiger partial charge is 0.444 e. The molecule has 8 heteroatoms. The predicted molar refractivity (Wildman–Crippen MR) is 110 cm³/mol. The Bertz CT molecular complexity index is 937. The van der Waals surface area contributed by atoms with Gasteiger partial charge in [-0.15, -0.1) is 0 Å². The topological polar surface area (TPSA) is 84.0 Å². The molecule has 1 amide bonds. The first-order valence-electron chi connectivity index (χ1n) is 9.29. The third-order valence-corrected chi connectivity index (χ3v) is 6.49. The maximum atomic E-state index is 12.6. The molecular weight excluding hydrogens is 392 g/mol. The summed E-state index contributed by atoms with van der Waals surface area (Å²) < 4.78 is 31.9. The summed E-state index contributed by atoms with van der Waals surface area (Å²) in [6.45, 7) is 4.23. The normalized spacial score (nSPS) is 12.4. The van der Waals surface area contributed by atoms with Crippen LogP contribution in [0.25, 0.3) is 0 Å². The zero-order valence-corrected chi connectivity index (χ0v) is 17.8. The Balaban J connectivity index is 2.26. The number of amides is 1. The molecule has 0 unspecified atom stereocenters. The van der Waals surface area contributed by atoms with E-state index < -0.39 is 22.1 Å². The molecular formula is C21H26N2O5S. The smallest absolute Gasteiger partial charge is 0.339 e. The van der Waals surface area contributed by atoms with Gasteiger partial charge in [0.2, 0.25) is 16.1 Å². The van der Waals surface area contributed by atoms with Crippen molar-refractivity contribution >= 4 is 21.9 Å². The van der Waals surface area contributed by atoms with Gasteiger partial charge in [-0.1, -0.05) is 44.2 Å². The van der Waals surface area contributed by atoms with Crippen molar-refractivity contribution in [2.24, 2.45) is 0 Å². The van der Waals surface area contributed by atoms with Crippen molar-refractivity contribution in [1.82, 2.24) is 9.21 Å². The van der Waals surface area contributed by atoms with E-state index >= 15 is 0 Å². The third kappa shape index (κ3) is 5.21. The average molecular weight is 419 g/mol. The molecule has 2 rings (SSSR count). The van der Waals surface area contributed by atoms with Crippen molar-refractivity contribution in [3.63, 3.8) is 0 Å². The molecule has 0 N–H and O–H groups in total. The highest BCUT2D eigenvalue weighted by molar-refractivity contribution is 7.89. The van der Waals surface area contributed by atoms with Crippen LogP contribution < -0.4 is 0 Å². The number of ether oxygens (including phenoxy) is 1. The standard InChI is InChI=1S/C21H26N2O5S/c1-5-23(6-2)29(26,27)18-14-12-17(13-15-18)21(25)28-19(20(24)22(3)4)16-10-8-7-9-11-16/h7-15,19H,5-6H2,1-4H3/t19-/m0/s1. The van der Waals surface area contributed by atoms with Gasteiger partial charge in [0, 0.05) is 32.7 Å². The Hall–Kier alpha value is -2.71. The van der Waals surface area contributed by atoms with Crippen molar-refractivity contribution in [3.05, 3.63) is 65.7 Å². The first-order chi connectivity index (χ1) is 13.7. The van der Waals surface area contributed by atoms with Gasteiger partial charge in [-0.2, -0.15) is 4.31 Å². The Labute approximate surface area is 171 Å². The summed E-state index contributed by atoms with van der Waals surface area (Å²) in [4.78, 5) is 26.6. The molecule has 0 bridgehead atoms. The summed E-state index contributed by atoms with van der Waals surface area (Å²) in [5.74, 6) is -1.08. The molecule has 2 aromatic rings. The molecule has 0 aliphatic heterocycles. The van der Waals surface area contributed by atoms with E-state index in [0.717, 1.165) is 0 Å². The molecule has 29 heavy (non-hydrogen) atoms. The lowest BCUT2D eigenvalue weighted by atomic mass is 10.1. The lowest BCUT2D eigenvalue weighted by Crippen LogP contribution is -2.31. The van der Waals surface area contributed by atoms with Gasteiger partial charge in [0.1, 0.15) is 0 Å². The van der Waals surface area contributed by atoms with Crippen LogP contribution in [0.15, 0.2) is 59.5 Å². The van der Waals surface area contributed by atoms with Crippen molar-refractivity contribution in [1.29, 1.82) is 0 Å². The van der Waals surface area contributed by atoms with E-state index in [9.17, 15) is 18.0 Å². The third-order valence-electron chi connectivity index (χ3n) is 4.43. The van der Waals surface area contributed by atoms with Crippen LogP contribution in [0.1, 0.15) is 35.9 Å². The highest BCUT2D eigenvalue weighted by Gasteiger charge is 2.27. The van der Waals surface area contributed by atoms with E-state index in [4.69, 9.17) is 4.74 Å². The second kappa shape index (κ2) is 9.67. The molecule has 0 spiro atoms. The van der Waals surface area contributed by atoms with Crippen molar-refractivity contribution in [2.75, 3.05) is 27.2 Å². The van der Waals surface area contributed by atoms with Gasteiger partial charge in [0.25, 0.3) is 5.91 Å². The highest BCUT2D eigenvalue weighted by Crippen LogP contribution is 2.22. The maximum absolute atomic E-state index is 12.6. The molecule has 156 valence electrons. The molecule has 0 aliphatic carbocycles. The number of benzene rings is 2. The second-order valence-corrected chi connectivity index (χ2v) is 8.48. The minimum atomic E-state index is -3.61. The van der Waals surface area contributed by atoms with Crippen LogP contribution in [0.2, 0.25) is 0 Å². The number of rotatable bonds is 8. The molecule has 0 fully saturated rings. The molecule has 0 heterocycles. The van der Waals surface area contributed by atoms with Gasteiger partial charge < -0.3 is 9.64 Å². The van der Waals surface area contributed by atoms with Crippen LogP contribution >= 0.6 is 0 Å². The van der Waals surface area contributed by atoms with Gasteiger partial charge >= 0.3 is 5.97 Å². The summed E-state index contributed by atoms with van der Waals surface area (Å²) in [6.07, 6.45) is -1.09. The molecule has 0 aromatic heterocycles. The minimum absolute atomic E-state index is 0.0988. The summed E-state index contributed by atoms with van der Waals surface area (Å²) in [5.41, 5.74) is 0.719. The number of sulfonamides is 1. The summed E-state index contributed by atoms with van der Waals surface area (Å²) in [7, 11) is -0.449. The van der Waals surface area contributed by atoms with Gasteiger partial charge in [0.15, 0.2) is 0 Å². The van der Waals surface area contributed by atoms with E-state index in [1.54, 1.807) is 58.3 Å². The molecule has 2 aromatic carbocycles. The number of esters is 1. The molecule has 1 atom stereocenters. The summed E-state index contributed by atoms with van der Waals surface area (Å²) in [5, 5.41) is 0. The van der Waals surface area contributed by atoms with Gasteiger partial charge in [0.05, 0.1) is 10.5 Å².